The monoisotopic (exact) mass is 531 g/mol. The summed E-state index contributed by atoms with van der Waals surface area (Å²) in [6, 6.07) is 15.6. The molecule has 0 aliphatic rings. The standard InChI is InChI=1S/C28H41NO5SSi/c1-20(2)36(21(3)4,22(5)6)34-27(15-11-14-26(30)24-12-9-8-10-13-24)28(31)29-35(32,33)25-18-16-23(7)17-19-25/h8-13,15-22,26-27,30H,14H2,1-7H3,(H,29,31)/b15-11-/t26-,27+/m0/s1. The number of nitrogens with one attached hydrogen (secondary N) is 1. The summed E-state index contributed by atoms with van der Waals surface area (Å²) in [5.41, 5.74) is 2.28. The molecule has 2 N–H and O–H groups in total. The van der Waals surface area contributed by atoms with E-state index in [1.807, 2.05) is 37.3 Å². The van der Waals surface area contributed by atoms with Crippen LogP contribution in [0.4, 0.5) is 0 Å². The van der Waals surface area contributed by atoms with Gasteiger partial charge in [0, 0.05) is 0 Å². The van der Waals surface area contributed by atoms with Gasteiger partial charge >= 0.3 is 0 Å². The van der Waals surface area contributed by atoms with Crippen LogP contribution in [0.3, 0.4) is 0 Å². The smallest absolute Gasteiger partial charge is 0.265 e. The van der Waals surface area contributed by atoms with Gasteiger partial charge in [0.15, 0.2) is 0 Å². The van der Waals surface area contributed by atoms with Crippen LogP contribution < -0.4 is 4.72 Å². The lowest BCUT2D eigenvalue weighted by molar-refractivity contribution is -0.124. The Morgan fingerprint density at radius 3 is 1.97 bits per heavy atom. The summed E-state index contributed by atoms with van der Waals surface area (Å²) in [6.45, 7) is 14.5. The van der Waals surface area contributed by atoms with E-state index in [0.717, 1.165) is 11.1 Å². The van der Waals surface area contributed by atoms with Crippen molar-refractivity contribution in [3.05, 3.63) is 77.9 Å². The first-order valence-corrected chi connectivity index (χ1v) is 16.1. The van der Waals surface area contributed by atoms with E-state index < -0.39 is 36.5 Å². The van der Waals surface area contributed by atoms with E-state index >= 15 is 0 Å². The lowest BCUT2D eigenvalue weighted by Crippen LogP contribution is -2.53. The molecule has 0 radical (unpaired) electrons. The fraction of sp³-hybridized carbons (Fsp3) is 0.464. The Hall–Kier alpha value is -2.26. The number of hydrogen-bond donors (Lipinski definition) is 2. The lowest BCUT2D eigenvalue weighted by Gasteiger charge is -2.43. The van der Waals surface area contributed by atoms with Crippen LogP contribution in [0.1, 0.15) is 65.2 Å². The van der Waals surface area contributed by atoms with Gasteiger partial charge in [-0.3, -0.25) is 4.79 Å². The minimum absolute atomic E-state index is 0.0174. The second kappa shape index (κ2) is 12.8. The summed E-state index contributed by atoms with van der Waals surface area (Å²) < 4.78 is 34.8. The highest BCUT2D eigenvalue weighted by Gasteiger charge is 2.47. The number of aryl methyl sites for hydroxylation is 1. The van der Waals surface area contributed by atoms with Crippen molar-refractivity contribution in [3.8, 4) is 0 Å². The number of rotatable bonds is 12. The van der Waals surface area contributed by atoms with Gasteiger partial charge < -0.3 is 9.53 Å². The van der Waals surface area contributed by atoms with Crippen LogP contribution >= 0.6 is 0 Å². The highest BCUT2D eigenvalue weighted by molar-refractivity contribution is 7.90. The molecule has 0 fully saturated rings. The normalized spacial score (nSPS) is 14.5. The van der Waals surface area contributed by atoms with E-state index in [9.17, 15) is 18.3 Å². The van der Waals surface area contributed by atoms with Crippen molar-refractivity contribution in [1.82, 2.24) is 4.72 Å². The van der Waals surface area contributed by atoms with Gasteiger partial charge in [0.2, 0.25) is 8.32 Å². The zero-order valence-electron chi connectivity index (χ0n) is 22.4. The topological polar surface area (TPSA) is 92.7 Å². The molecule has 0 saturated heterocycles. The van der Waals surface area contributed by atoms with Crippen LogP contribution in [0, 0.1) is 6.92 Å². The average Bonchev–Trinajstić information content (AvgIpc) is 2.80. The number of hydrogen-bond acceptors (Lipinski definition) is 5. The molecule has 2 aromatic rings. The van der Waals surface area contributed by atoms with Crippen molar-refractivity contribution in [2.75, 3.05) is 0 Å². The Balaban J connectivity index is 2.37. The largest absolute Gasteiger partial charge is 0.401 e. The number of carbonyl (C=O) groups is 1. The maximum atomic E-state index is 13.4. The van der Waals surface area contributed by atoms with Crippen molar-refractivity contribution in [1.29, 1.82) is 0 Å². The Kier molecular flexibility index (Phi) is 10.7. The number of benzene rings is 2. The highest BCUT2D eigenvalue weighted by atomic mass is 32.2. The van der Waals surface area contributed by atoms with Gasteiger partial charge in [-0.2, -0.15) is 0 Å². The first kappa shape index (κ1) is 30.0. The number of sulfonamides is 1. The third-order valence-corrected chi connectivity index (χ3v) is 14.2. The SMILES string of the molecule is Cc1ccc(S(=O)(=O)NC(=O)[C@@H](/C=C\C[C@H](O)c2ccccc2)O[Si](C(C)C)(C(C)C)C(C)C)cc1. The van der Waals surface area contributed by atoms with Crippen LogP contribution in [0.15, 0.2) is 71.6 Å². The van der Waals surface area contributed by atoms with E-state index in [0.29, 0.717) is 0 Å². The Bertz CT molecular complexity index is 1090. The molecule has 2 atom stereocenters. The number of aliphatic hydroxyl groups excluding tert-OH is 1. The summed E-state index contributed by atoms with van der Waals surface area (Å²) >= 11 is 0. The molecule has 0 aliphatic carbocycles. The minimum Gasteiger partial charge on any atom is -0.401 e. The summed E-state index contributed by atoms with van der Waals surface area (Å²) in [7, 11) is -6.60. The lowest BCUT2D eigenvalue weighted by atomic mass is 10.1. The summed E-state index contributed by atoms with van der Waals surface area (Å²) in [4.78, 5) is 13.4. The third-order valence-electron chi connectivity index (χ3n) is 6.72. The molecule has 2 aromatic carbocycles. The van der Waals surface area contributed by atoms with Crippen LogP contribution in [-0.2, 0) is 19.2 Å². The van der Waals surface area contributed by atoms with Crippen LogP contribution in [0.2, 0.25) is 16.6 Å². The highest BCUT2D eigenvalue weighted by Crippen LogP contribution is 2.43. The molecule has 0 aliphatic heterocycles. The Labute approximate surface area is 218 Å². The van der Waals surface area contributed by atoms with Gasteiger partial charge in [-0.1, -0.05) is 102 Å². The zero-order chi connectivity index (χ0) is 27.1. The molecular weight excluding hydrogens is 490 g/mol. The second-order valence-corrected chi connectivity index (χ2v) is 17.3. The fourth-order valence-corrected chi connectivity index (χ4v) is 11.4. The van der Waals surface area contributed by atoms with E-state index in [1.165, 1.54) is 12.1 Å². The van der Waals surface area contributed by atoms with E-state index in [1.54, 1.807) is 24.3 Å². The Morgan fingerprint density at radius 1 is 0.944 bits per heavy atom. The first-order valence-electron chi connectivity index (χ1n) is 12.5. The van der Waals surface area contributed by atoms with Gasteiger partial charge in [-0.15, -0.1) is 0 Å². The molecule has 0 spiro atoms. The maximum Gasteiger partial charge on any atom is 0.265 e. The maximum absolute atomic E-state index is 13.4. The number of aliphatic hydroxyl groups is 1. The fourth-order valence-electron chi connectivity index (χ4n) is 4.92. The van der Waals surface area contributed by atoms with E-state index in [-0.39, 0.29) is 27.9 Å². The predicted molar refractivity (Wildman–Crippen MR) is 148 cm³/mol. The Morgan fingerprint density at radius 2 is 1.47 bits per heavy atom. The van der Waals surface area contributed by atoms with Gasteiger partial charge in [-0.05, 0) is 47.7 Å². The predicted octanol–water partition coefficient (Wildman–Crippen LogP) is 6.04. The molecule has 6 nitrogen and oxygen atoms in total. The summed E-state index contributed by atoms with van der Waals surface area (Å²) in [5, 5.41) is 10.5. The van der Waals surface area contributed by atoms with E-state index in [2.05, 4.69) is 46.3 Å². The van der Waals surface area contributed by atoms with E-state index in [4.69, 9.17) is 4.43 Å². The zero-order valence-corrected chi connectivity index (χ0v) is 24.2. The van der Waals surface area contributed by atoms with Crippen molar-refractivity contribution < 1.29 is 22.7 Å². The molecule has 0 unspecified atom stereocenters. The molecule has 198 valence electrons. The van der Waals surface area contributed by atoms with Gasteiger partial charge in [0.25, 0.3) is 15.9 Å². The van der Waals surface area contributed by atoms with Crippen molar-refractivity contribution in [3.63, 3.8) is 0 Å². The van der Waals surface area contributed by atoms with Crippen LogP contribution in [-0.4, -0.2) is 33.9 Å². The molecule has 2 rings (SSSR count). The van der Waals surface area contributed by atoms with Gasteiger partial charge in [-0.25, -0.2) is 13.1 Å². The number of amides is 1. The average molecular weight is 532 g/mol. The molecule has 0 saturated carbocycles. The molecule has 1 amide bonds. The molecule has 0 aromatic heterocycles. The van der Waals surface area contributed by atoms with Gasteiger partial charge in [0.05, 0.1) is 11.0 Å². The molecule has 8 heteroatoms. The van der Waals surface area contributed by atoms with Crippen LogP contribution in [0.5, 0.6) is 0 Å². The second-order valence-electron chi connectivity index (χ2n) is 10.2. The first-order chi connectivity index (χ1) is 16.8. The third kappa shape index (κ3) is 7.38. The molecule has 36 heavy (non-hydrogen) atoms. The summed E-state index contributed by atoms with van der Waals surface area (Å²) in [5.74, 6) is -0.736. The molecule has 0 heterocycles. The quantitative estimate of drug-likeness (QED) is 0.257. The minimum atomic E-state index is -4.07. The summed E-state index contributed by atoms with van der Waals surface area (Å²) in [6.07, 6.45) is 1.69. The number of carbonyl (C=O) groups excluding carboxylic acids is 1. The van der Waals surface area contributed by atoms with Gasteiger partial charge in [0.1, 0.15) is 6.10 Å². The van der Waals surface area contributed by atoms with Crippen molar-refractivity contribution in [2.45, 2.75) is 88.6 Å². The van der Waals surface area contributed by atoms with Crippen LogP contribution in [0.25, 0.3) is 0 Å². The van der Waals surface area contributed by atoms with Crippen molar-refractivity contribution >= 4 is 24.2 Å². The molecular formula is C28H41NO5SSi. The van der Waals surface area contributed by atoms with Crippen molar-refractivity contribution in [2.24, 2.45) is 0 Å². The molecule has 0 bridgehead atoms.